The molecule has 0 amide bonds. The molecule has 0 saturated carbocycles. The molecule has 53 heavy (non-hydrogen) atoms. The first-order valence-corrected chi connectivity index (χ1v) is 18.4. The van der Waals surface area contributed by atoms with Gasteiger partial charge >= 0.3 is 0 Å². The number of fused-ring (bicyclic) bond motifs is 8. The molecule has 1 heteroatoms. The van der Waals surface area contributed by atoms with Gasteiger partial charge in [-0.2, -0.15) is 0 Å². The molecule has 0 unspecified atom stereocenters. The highest BCUT2D eigenvalue weighted by Gasteiger charge is 2.48. The zero-order valence-electron chi connectivity index (χ0n) is 29.0. The van der Waals surface area contributed by atoms with Crippen molar-refractivity contribution >= 4 is 43.2 Å². The number of hydrogen-bond donors (Lipinski definition) is 0. The number of benzene rings is 9. The third kappa shape index (κ3) is 4.28. The van der Waals surface area contributed by atoms with E-state index < -0.39 is 5.41 Å². The molecular formula is C52H33N. The van der Waals surface area contributed by atoms with Crippen LogP contribution in [0.25, 0.3) is 76.7 Å². The normalized spacial score (nSPS) is 13.1. The number of pyridine rings is 1. The Morgan fingerprint density at radius 1 is 0.340 bits per heavy atom. The van der Waals surface area contributed by atoms with Crippen molar-refractivity contribution in [3.63, 3.8) is 0 Å². The molecule has 1 heterocycles. The Labute approximate surface area is 308 Å². The van der Waals surface area contributed by atoms with Gasteiger partial charge in [0.05, 0.1) is 16.6 Å². The highest BCUT2D eigenvalue weighted by Crippen LogP contribution is 2.60. The lowest BCUT2D eigenvalue weighted by Gasteiger charge is -2.34. The molecule has 1 aliphatic rings. The summed E-state index contributed by atoms with van der Waals surface area (Å²) < 4.78 is 0. The number of para-hydroxylation sites is 1. The van der Waals surface area contributed by atoms with E-state index in [1.54, 1.807) is 0 Å². The minimum atomic E-state index is -0.582. The fourth-order valence-corrected chi connectivity index (χ4v) is 9.29. The van der Waals surface area contributed by atoms with Crippen LogP contribution in [0, 0.1) is 0 Å². The standard InChI is InChI=1S/C52H33N/c1-4-17-35(18-5-1)48-42-26-14-13-25-41(42)47(38-29-28-34-16-10-11-19-36(34)32-38)43-30-31-44-50(49(43)48)51-45(33-37-20-12-15-27-46(37)53-51)52(44,39-21-6-2-7-22-39)40-23-8-3-9-24-40/h1-33H. The maximum Gasteiger partial charge on any atom is 0.0767 e. The second-order valence-corrected chi connectivity index (χ2v) is 14.2. The van der Waals surface area contributed by atoms with E-state index in [-0.39, 0.29) is 0 Å². The molecule has 11 rings (SSSR count). The van der Waals surface area contributed by atoms with Crippen LogP contribution in [-0.2, 0) is 5.41 Å². The van der Waals surface area contributed by atoms with Gasteiger partial charge in [-0.25, -0.2) is 4.98 Å². The van der Waals surface area contributed by atoms with E-state index in [1.807, 2.05) is 0 Å². The Kier molecular flexibility index (Phi) is 6.53. The quantitative estimate of drug-likeness (QED) is 0.170. The van der Waals surface area contributed by atoms with Gasteiger partial charge < -0.3 is 0 Å². The van der Waals surface area contributed by atoms with Gasteiger partial charge in [-0.05, 0) is 89.6 Å². The molecule has 0 spiro atoms. The van der Waals surface area contributed by atoms with Crippen molar-refractivity contribution in [1.82, 2.24) is 4.98 Å². The third-order valence-corrected chi connectivity index (χ3v) is 11.5. The number of nitrogens with zero attached hydrogens (tertiary/aromatic N) is 1. The van der Waals surface area contributed by atoms with Crippen molar-refractivity contribution in [1.29, 1.82) is 0 Å². The second-order valence-electron chi connectivity index (χ2n) is 14.2. The van der Waals surface area contributed by atoms with Crippen LogP contribution in [0.1, 0.15) is 22.3 Å². The summed E-state index contributed by atoms with van der Waals surface area (Å²) in [6, 6.07) is 73.5. The molecular weight excluding hydrogens is 639 g/mol. The summed E-state index contributed by atoms with van der Waals surface area (Å²) in [6.45, 7) is 0. The Hall–Kier alpha value is -6.83. The van der Waals surface area contributed by atoms with Crippen LogP contribution in [-0.4, -0.2) is 4.98 Å². The van der Waals surface area contributed by atoms with E-state index >= 15 is 0 Å². The first kappa shape index (κ1) is 29.9. The average molecular weight is 672 g/mol. The molecule has 0 N–H and O–H groups in total. The van der Waals surface area contributed by atoms with Crippen LogP contribution >= 0.6 is 0 Å². The lowest BCUT2D eigenvalue weighted by atomic mass is 9.67. The van der Waals surface area contributed by atoms with Crippen molar-refractivity contribution in [3.05, 3.63) is 222 Å². The topological polar surface area (TPSA) is 12.9 Å². The van der Waals surface area contributed by atoms with Gasteiger partial charge in [-0.3, -0.25) is 0 Å². The summed E-state index contributed by atoms with van der Waals surface area (Å²) in [5.41, 5.74) is 12.5. The summed E-state index contributed by atoms with van der Waals surface area (Å²) >= 11 is 0. The molecule has 0 radical (unpaired) electrons. The summed E-state index contributed by atoms with van der Waals surface area (Å²) in [7, 11) is 0. The van der Waals surface area contributed by atoms with Gasteiger partial charge in [0.2, 0.25) is 0 Å². The summed E-state index contributed by atoms with van der Waals surface area (Å²) in [5.74, 6) is 0. The van der Waals surface area contributed by atoms with Crippen molar-refractivity contribution in [2.24, 2.45) is 0 Å². The molecule has 0 saturated heterocycles. The minimum Gasteiger partial charge on any atom is -0.247 e. The summed E-state index contributed by atoms with van der Waals surface area (Å²) in [5, 5.41) is 8.58. The largest absolute Gasteiger partial charge is 0.247 e. The first-order valence-electron chi connectivity index (χ1n) is 18.4. The zero-order chi connectivity index (χ0) is 34.9. The highest BCUT2D eigenvalue weighted by molar-refractivity contribution is 6.26. The molecule has 0 aliphatic heterocycles. The molecule has 9 aromatic carbocycles. The molecule has 0 bridgehead atoms. The van der Waals surface area contributed by atoms with Crippen molar-refractivity contribution in [2.45, 2.75) is 5.41 Å². The molecule has 1 aromatic heterocycles. The van der Waals surface area contributed by atoms with Crippen LogP contribution < -0.4 is 0 Å². The van der Waals surface area contributed by atoms with Crippen LogP contribution in [0.4, 0.5) is 0 Å². The van der Waals surface area contributed by atoms with Crippen LogP contribution in [0.5, 0.6) is 0 Å². The van der Waals surface area contributed by atoms with Gasteiger partial charge in [-0.15, -0.1) is 0 Å². The Balaban J connectivity index is 1.40. The van der Waals surface area contributed by atoms with Gasteiger partial charge in [0.15, 0.2) is 0 Å². The number of rotatable bonds is 4. The lowest BCUT2D eigenvalue weighted by Crippen LogP contribution is -2.28. The van der Waals surface area contributed by atoms with E-state index in [4.69, 9.17) is 4.98 Å². The molecule has 1 nitrogen and oxygen atoms in total. The van der Waals surface area contributed by atoms with E-state index in [9.17, 15) is 0 Å². The Bertz CT molecular complexity index is 3000. The molecule has 0 fully saturated rings. The van der Waals surface area contributed by atoms with Gasteiger partial charge in [0.1, 0.15) is 0 Å². The fraction of sp³-hybridized carbons (Fsp3) is 0.0192. The van der Waals surface area contributed by atoms with Crippen LogP contribution in [0.15, 0.2) is 200 Å². The Morgan fingerprint density at radius 2 is 0.925 bits per heavy atom. The van der Waals surface area contributed by atoms with E-state index in [2.05, 4.69) is 200 Å². The SMILES string of the molecule is c1ccc(-c2c3ccccc3c(-c3ccc4ccccc4c3)c3ccc4c(c23)-c2nc3ccccc3cc2C4(c2ccccc2)c2ccccc2)cc1. The van der Waals surface area contributed by atoms with E-state index in [1.165, 1.54) is 82.4 Å². The molecule has 246 valence electrons. The maximum atomic E-state index is 5.65. The Morgan fingerprint density at radius 3 is 1.64 bits per heavy atom. The predicted octanol–water partition coefficient (Wildman–Crippen LogP) is 13.4. The lowest BCUT2D eigenvalue weighted by molar-refractivity contribution is 0.768. The minimum absolute atomic E-state index is 0.582. The molecule has 10 aromatic rings. The number of hydrogen-bond acceptors (Lipinski definition) is 1. The zero-order valence-corrected chi connectivity index (χ0v) is 29.0. The maximum absolute atomic E-state index is 5.65. The first-order chi connectivity index (χ1) is 26.3. The monoisotopic (exact) mass is 671 g/mol. The summed E-state index contributed by atoms with van der Waals surface area (Å²) in [4.78, 5) is 5.65. The predicted molar refractivity (Wildman–Crippen MR) is 222 cm³/mol. The van der Waals surface area contributed by atoms with E-state index in [0.717, 1.165) is 16.6 Å². The smallest absolute Gasteiger partial charge is 0.0767 e. The molecule has 1 aliphatic carbocycles. The summed E-state index contributed by atoms with van der Waals surface area (Å²) in [6.07, 6.45) is 0. The fourth-order valence-electron chi connectivity index (χ4n) is 9.29. The van der Waals surface area contributed by atoms with Crippen LogP contribution in [0.2, 0.25) is 0 Å². The van der Waals surface area contributed by atoms with Crippen molar-refractivity contribution in [2.75, 3.05) is 0 Å². The van der Waals surface area contributed by atoms with Gasteiger partial charge in [-0.1, -0.05) is 182 Å². The van der Waals surface area contributed by atoms with Crippen LogP contribution in [0.3, 0.4) is 0 Å². The van der Waals surface area contributed by atoms with Crippen molar-refractivity contribution in [3.8, 4) is 33.5 Å². The van der Waals surface area contributed by atoms with E-state index in [0.29, 0.717) is 0 Å². The second kappa shape index (κ2) is 11.6. The highest BCUT2D eigenvalue weighted by atomic mass is 14.7. The van der Waals surface area contributed by atoms with Crippen molar-refractivity contribution < 1.29 is 0 Å². The number of aromatic nitrogens is 1. The average Bonchev–Trinajstić information content (AvgIpc) is 3.52. The third-order valence-electron chi connectivity index (χ3n) is 11.5. The van der Waals surface area contributed by atoms with Gasteiger partial charge in [0, 0.05) is 16.3 Å². The van der Waals surface area contributed by atoms with Gasteiger partial charge in [0.25, 0.3) is 0 Å². The molecule has 0 atom stereocenters.